The van der Waals surface area contributed by atoms with E-state index in [1.807, 2.05) is 0 Å². The van der Waals surface area contributed by atoms with E-state index in [1.165, 1.54) is 64.4 Å². The molecule has 3 amide bonds. The van der Waals surface area contributed by atoms with Gasteiger partial charge in [-0.3, -0.25) is 14.4 Å². The van der Waals surface area contributed by atoms with Gasteiger partial charge in [0, 0.05) is 19.3 Å². The highest BCUT2D eigenvalue weighted by Crippen LogP contribution is 2.34. The summed E-state index contributed by atoms with van der Waals surface area (Å²) >= 11 is 0. The van der Waals surface area contributed by atoms with Crippen molar-refractivity contribution in [1.82, 2.24) is 9.80 Å². The molecule has 3 aromatic rings. The number of ether oxygens (including phenoxy) is 1. The molecule has 5 rings (SSSR count). The molecular formula is C28H24F3N3O6S. The predicted octanol–water partition coefficient (Wildman–Crippen LogP) is 3.46. The van der Waals surface area contributed by atoms with E-state index in [0.717, 1.165) is 18.4 Å². The number of rotatable bonds is 5. The number of fused-ring (bicyclic) bond motifs is 2. The molecule has 0 spiro atoms. The van der Waals surface area contributed by atoms with Crippen molar-refractivity contribution in [1.29, 1.82) is 0 Å². The molecule has 2 aliphatic heterocycles. The molecule has 9 nitrogen and oxygen atoms in total. The summed E-state index contributed by atoms with van der Waals surface area (Å²) in [6.07, 6.45) is -3.45. The Kier molecular flexibility index (Phi) is 7.24. The number of amides is 3. The van der Waals surface area contributed by atoms with Crippen molar-refractivity contribution in [3.8, 4) is 16.9 Å². The van der Waals surface area contributed by atoms with Crippen molar-refractivity contribution < 1.29 is 40.7 Å². The second kappa shape index (κ2) is 10.5. The van der Waals surface area contributed by atoms with Gasteiger partial charge in [0.15, 0.2) is 16.4 Å². The maximum Gasteiger partial charge on any atom is 0.416 e. The fourth-order valence-corrected chi connectivity index (χ4v) is 5.38. The summed E-state index contributed by atoms with van der Waals surface area (Å²) in [6.45, 7) is -0.255. The first-order valence-corrected chi connectivity index (χ1v) is 14.3. The van der Waals surface area contributed by atoms with Crippen LogP contribution in [0.15, 0.2) is 71.6 Å². The Morgan fingerprint density at radius 3 is 2.39 bits per heavy atom. The number of nitrogens with one attached hydrogen (secondary N) is 1. The standard InChI is InChI=1S/C28H24F3N3O6S/c1-41(38,39)21-8-6-20(7-9-21)40-16-25(35)33-11-12-34-24(15-33)26(36)32-23-10-5-18(14-22(23)27(34)37)17-3-2-4-19(13-17)28(29,30)31/h2-10,13-14,24H,11-12,15-16H2,1H3,(H,32,36). The highest BCUT2D eigenvalue weighted by molar-refractivity contribution is 7.90. The molecule has 0 aromatic heterocycles. The molecule has 0 radical (unpaired) electrons. The van der Waals surface area contributed by atoms with Crippen LogP contribution in [-0.2, 0) is 25.6 Å². The van der Waals surface area contributed by atoms with Gasteiger partial charge >= 0.3 is 6.18 Å². The van der Waals surface area contributed by atoms with Crippen LogP contribution < -0.4 is 10.1 Å². The number of hydrogen-bond acceptors (Lipinski definition) is 6. The summed E-state index contributed by atoms with van der Waals surface area (Å²) in [5.41, 5.74) is 0.191. The number of hydrogen-bond donors (Lipinski definition) is 1. The van der Waals surface area contributed by atoms with Gasteiger partial charge in [0.2, 0.25) is 5.91 Å². The molecule has 0 aliphatic carbocycles. The fourth-order valence-electron chi connectivity index (χ4n) is 4.75. The number of carbonyl (C=O) groups excluding carboxylic acids is 3. The smallest absolute Gasteiger partial charge is 0.416 e. The van der Waals surface area contributed by atoms with Crippen LogP contribution in [0.1, 0.15) is 15.9 Å². The number of piperazine rings is 1. The SMILES string of the molecule is CS(=O)(=O)c1ccc(OCC(=O)N2CCN3C(=O)c4cc(-c5cccc(C(F)(F)F)c5)ccc4NC(=O)C3C2)cc1. The first-order valence-electron chi connectivity index (χ1n) is 12.5. The van der Waals surface area contributed by atoms with Crippen LogP contribution in [-0.4, -0.2) is 74.5 Å². The summed E-state index contributed by atoms with van der Waals surface area (Å²) in [5.74, 6) is -1.12. The Hall–Kier alpha value is -4.39. The minimum absolute atomic E-state index is 0.0545. The van der Waals surface area contributed by atoms with Crippen molar-refractivity contribution in [2.24, 2.45) is 0 Å². The summed E-state index contributed by atoms with van der Waals surface area (Å²) in [7, 11) is -3.38. The van der Waals surface area contributed by atoms with Gasteiger partial charge in [-0.25, -0.2) is 8.42 Å². The summed E-state index contributed by atoms with van der Waals surface area (Å²) in [6, 6.07) is 13.8. The fraction of sp³-hybridized carbons (Fsp3) is 0.250. The Labute approximate surface area is 233 Å². The van der Waals surface area contributed by atoms with Crippen LogP contribution in [0, 0.1) is 0 Å². The maximum absolute atomic E-state index is 13.5. The highest BCUT2D eigenvalue weighted by atomic mass is 32.2. The van der Waals surface area contributed by atoms with Gasteiger partial charge in [-0.1, -0.05) is 18.2 Å². The first-order chi connectivity index (χ1) is 19.3. The van der Waals surface area contributed by atoms with Gasteiger partial charge in [-0.2, -0.15) is 13.2 Å². The number of sulfone groups is 1. The van der Waals surface area contributed by atoms with Gasteiger partial charge in [0.1, 0.15) is 11.8 Å². The van der Waals surface area contributed by atoms with Crippen LogP contribution in [0.5, 0.6) is 5.75 Å². The number of anilines is 1. The largest absolute Gasteiger partial charge is 0.484 e. The van der Waals surface area contributed by atoms with E-state index in [-0.39, 0.29) is 48.0 Å². The zero-order valence-electron chi connectivity index (χ0n) is 21.6. The van der Waals surface area contributed by atoms with Gasteiger partial charge in [0.25, 0.3) is 11.8 Å². The zero-order valence-corrected chi connectivity index (χ0v) is 22.5. The molecule has 1 saturated heterocycles. The molecule has 0 bridgehead atoms. The molecular weight excluding hydrogens is 563 g/mol. The van der Waals surface area contributed by atoms with Crippen molar-refractivity contribution in [3.05, 3.63) is 77.9 Å². The molecule has 0 saturated carbocycles. The third-order valence-electron chi connectivity index (χ3n) is 6.94. The van der Waals surface area contributed by atoms with E-state index < -0.39 is 45.3 Å². The Bertz CT molecular complexity index is 1640. The first kappa shape index (κ1) is 28.1. The third-order valence-corrected chi connectivity index (χ3v) is 8.07. The molecule has 1 fully saturated rings. The second-order valence-corrected chi connectivity index (χ2v) is 11.7. The molecule has 3 aromatic carbocycles. The normalized spacial score (nSPS) is 17.3. The monoisotopic (exact) mass is 587 g/mol. The van der Waals surface area contributed by atoms with Crippen LogP contribution in [0.2, 0.25) is 0 Å². The second-order valence-electron chi connectivity index (χ2n) is 9.71. The van der Waals surface area contributed by atoms with Crippen molar-refractivity contribution in [2.75, 3.05) is 37.8 Å². The average Bonchev–Trinajstić information content (AvgIpc) is 3.04. The average molecular weight is 588 g/mol. The molecule has 13 heteroatoms. The quantitative estimate of drug-likeness (QED) is 0.490. The number of halogens is 3. The van der Waals surface area contributed by atoms with Gasteiger partial charge < -0.3 is 19.9 Å². The van der Waals surface area contributed by atoms with E-state index in [4.69, 9.17) is 4.74 Å². The van der Waals surface area contributed by atoms with E-state index in [9.17, 15) is 36.0 Å². The van der Waals surface area contributed by atoms with Crippen LogP contribution >= 0.6 is 0 Å². The van der Waals surface area contributed by atoms with Crippen molar-refractivity contribution in [3.63, 3.8) is 0 Å². The zero-order chi connectivity index (χ0) is 29.5. The molecule has 1 N–H and O–H groups in total. The van der Waals surface area contributed by atoms with Gasteiger partial charge in [-0.15, -0.1) is 0 Å². The molecule has 1 atom stereocenters. The number of alkyl halides is 3. The molecule has 2 heterocycles. The summed E-state index contributed by atoms with van der Waals surface area (Å²) in [4.78, 5) is 42.3. The number of nitrogens with zero attached hydrogens (tertiary/aromatic N) is 2. The number of carbonyl (C=O) groups is 3. The van der Waals surface area contributed by atoms with Crippen LogP contribution in [0.4, 0.5) is 18.9 Å². The predicted molar refractivity (Wildman–Crippen MR) is 142 cm³/mol. The van der Waals surface area contributed by atoms with Crippen LogP contribution in [0.3, 0.4) is 0 Å². The Morgan fingerprint density at radius 2 is 1.71 bits per heavy atom. The lowest BCUT2D eigenvalue weighted by Gasteiger charge is -2.39. The lowest BCUT2D eigenvalue weighted by atomic mass is 9.99. The Balaban J connectivity index is 1.29. The van der Waals surface area contributed by atoms with E-state index in [0.29, 0.717) is 11.3 Å². The number of benzene rings is 3. The minimum Gasteiger partial charge on any atom is -0.484 e. The molecule has 214 valence electrons. The highest BCUT2D eigenvalue weighted by Gasteiger charge is 2.40. The lowest BCUT2D eigenvalue weighted by Crippen LogP contribution is -2.60. The van der Waals surface area contributed by atoms with Crippen LogP contribution in [0.25, 0.3) is 11.1 Å². The Morgan fingerprint density at radius 1 is 1.00 bits per heavy atom. The minimum atomic E-state index is -4.52. The lowest BCUT2D eigenvalue weighted by molar-refractivity contribution is -0.138. The summed E-state index contributed by atoms with van der Waals surface area (Å²) < 4.78 is 68.3. The molecule has 1 unspecified atom stereocenters. The topological polar surface area (TPSA) is 113 Å². The maximum atomic E-state index is 13.5. The van der Waals surface area contributed by atoms with Crippen molar-refractivity contribution >= 4 is 33.2 Å². The third kappa shape index (κ3) is 5.89. The molecule has 41 heavy (non-hydrogen) atoms. The van der Waals surface area contributed by atoms with Crippen molar-refractivity contribution in [2.45, 2.75) is 17.1 Å². The van der Waals surface area contributed by atoms with E-state index in [1.54, 1.807) is 0 Å². The molecule has 2 aliphatic rings. The summed E-state index contributed by atoms with van der Waals surface area (Å²) in [5, 5.41) is 2.70. The van der Waals surface area contributed by atoms with E-state index >= 15 is 0 Å². The van der Waals surface area contributed by atoms with Gasteiger partial charge in [0.05, 0.1) is 28.3 Å². The van der Waals surface area contributed by atoms with Gasteiger partial charge in [-0.05, 0) is 59.7 Å². The van der Waals surface area contributed by atoms with E-state index in [2.05, 4.69) is 5.32 Å².